The van der Waals surface area contributed by atoms with Gasteiger partial charge < -0.3 is 4.74 Å². The van der Waals surface area contributed by atoms with Crippen LogP contribution in [0.3, 0.4) is 0 Å². The monoisotopic (exact) mass is 329 g/mol. The van der Waals surface area contributed by atoms with Crippen molar-refractivity contribution in [2.45, 2.75) is 57.9 Å². The second-order valence-electron chi connectivity index (χ2n) is 6.52. The van der Waals surface area contributed by atoms with Crippen molar-refractivity contribution in [3.8, 4) is 0 Å². The average Bonchev–Trinajstić information content (AvgIpc) is 2.86. The molecule has 1 aliphatic heterocycles. The van der Waals surface area contributed by atoms with Gasteiger partial charge in [-0.05, 0) is 37.5 Å². The van der Waals surface area contributed by atoms with Crippen LogP contribution in [-0.2, 0) is 4.74 Å². The fourth-order valence-corrected chi connectivity index (χ4v) is 3.45. The van der Waals surface area contributed by atoms with Crippen LogP contribution in [0.25, 0.3) is 0 Å². The summed E-state index contributed by atoms with van der Waals surface area (Å²) in [6.07, 6.45) is 6.76. The Balaban J connectivity index is 1.79. The van der Waals surface area contributed by atoms with Crippen LogP contribution >= 0.6 is 0 Å². The molecule has 5 heteroatoms. The van der Waals surface area contributed by atoms with Gasteiger partial charge in [-0.2, -0.15) is 0 Å². The minimum absolute atomic E-state index is 0.00824. The molecule has 0 aromatic heterocycles. The SMILES string of the molecule is CCCCOC(=O)c1ccc2c(c1)C(=O)N(C1CCCCC1)C2=O. The molecule has 1 aliphatic carbocycles. The molecule has 3 rings (SSSR count). The third-order valence-corrected chi connectivity index (χ3v) is 4.82. The molecule has 0 unspecified atom stereocenters. The van der Waals surface area contributed by atoms with Gasteiger partial charge in [-0.1, -0.05) is 32.6 Å². The number of hydrogen-bond acceptors (Lipinski definition) is 4. The van der Waals surface area contributed by atoms with Gasteiger partial charge in [-0.25, -0.2) is 4.79 Å². The maximum absolute atomic E-state index is 12.7. The minimum Gasteiger partial charge on any atom is -0.462 e. The highest BCUT2D eigenvalue weighted by molar-refractivity contribution is 6.22. The Hall–Kier alpha value is -2.17. The summed E-state index contributed by atoms with van der Waals surface area (Å²) >= 11 is 0. The number of hydrogen-bond donors (Lipinski definition) is 0. The Bertz CT molecular complexity index is 661. The van der Waals surface area contributed by atoms with E-state index in [0.29, 0.717) is 23.3 Å². The lowest BCUT2D eigenvalue weighted by Gasteiger charge is -2.29. The third kappa shape index (κ3) is 3.07. The van der Waals surface area contributed by atoms with E-state index in [1.807, 2.05) is 6.92 Å². The van der Waals surface area contributed by atoms with Gasteiger partial charge in [-0.15, -0.1) is 0 Å². The first-order valence-electron chi connectivity index (χ1n) is 8.82. The fraction of sp³-hybridized carbons (Fsp3) is 0.526. The zero-order chi connectivity index (χ0) is 17.1. The van der Waals surface area contributed by atoms with Crippen molar-refractivity contribution in [3.05, 3.63) is 34.9 Å². The number of amides is 2. The van der Waals surface area contributed by atoms with E-state index in [-0.39, 0.29) is 17.9 Å². The van der Waals surface area contributed by atoms with Crippen LogP contribution in [0.1, 0.15) is 82.9 Å². The molecule has 1 aromatic rings. The lowest BCUT2D eigenvalue weighted by Crippen LogP contribution is -2.40. The first-order valence-corrected chi connectivity index (χ1v) is 8.82. The van der Waals surface area contributed by atoms with Gasteiger partial charge in [-0.3, -0.25) is 14.5 Å². The third-order valence-electron chi connectivity index (χ3n) is 4.82. The molecule has 1 fully saturated rings. The summed E-state index contributed by atoms with van der Waals surface area (Å²) in [6, 6.07) is 4.65. The van der Waals surface area contributed by atoms with Gasteiger partial charge >= 0.3 is 5.97 Å². The largest absolute Gasteiger partial charge is 0.462 e. The molecule has 24 heavy (non-hydrogen) atoms. The lowest BCUT2D eigenvalue weighted by atomic mass is 9.94. The van der Waals surface area contributed by atoms with Crippen molar-refractivity contribution >= 4 is 17.8 Å². The minimum atomic E-state index is -0.442. The number of carbonyl (C=O) groups excluding carboxylic acids is 3. The second-order valence-corrected chi connectivity index (χ2v) is 6.52. The zero-order valence-electron chi connectivity index (χ0n) is 14.0. The molecule has 0 atom stereocenters. The number of unbranched alkanes of at least 4 members (excludes halogenated alkanes) is 1. The molecule has 2 aliphatic rings. The Morgan fingerprint density at radius 3 is 2.54 bits per heavy atom. The van der Waals surface area contributed by atoms with E-state index in [2.05, 4.69) is 0 Å². The molecule has 1 aromatic carbocycles. The highest BCUT2D eigenvalue weighted by Gasteiger charge is 2.40. The van der Waals surface area contributed by atoms with Gasteiger partial charge in [0.2, 0.25) is 0 Å². The maximum atomic E-state index is 12.7. The van der Waals surface area contributed by atoms with Crippen LogP contribution in [0, 0.1) is 0 Å². The van der Waals surface area contributed by atoms with Crippen molar-refractivity contribution < 1.29 is 19.1 Å². The van der Waals surface area contributed by atoms with Crippen LogP contribution < -0.4 is 0 Å². The molecule has 1 heterocycles. The Labute approximate surface area is 142 Å². The molecule has 0 bridgehead atoms. The lowest BCUT2D eigenvalue weighted by molar-refractivity contribution is 0.0498. The molecular formula is C19H23NO4. The van der Waals surface area contributed by atoms with Crippen LogP contribution in [0.4, 0.5) is 0 Å². The van der Waals surface area contributed by atoms with E-state index in [1.54, 1.807) is 12.1 Å². The summed E-state index contributed by atoms with van der Waals surface area (Å²) in [4.78, 5) is 38.7. The van der Waals surface area contributed by atoms with Crippen LogP contribution in [-0.4, -0.2) is 35.3 Å². The van der Waals surface area contributed by atoms with E-state index in [0.717, 1.165) is 44.9 Å². The van der Waals surface area contributed by atoms with E-state index in [1.165, 1.54) is 11.0 Å². The Morgan fingerprint density at radius 1 is 1.12 bits per heavy atom. The summed E-state index contributed by atoms with van der Waals surface area (Å²) < 4.78 is 5.18. The smallest absolute Gasteiger partial charge is 0.338 e. The number of rotatable bonds is 5. The maximum Gasteiger partial charge on any atom is 0.338 e. The van der Waals surface area contributed by atoms with Crippen molar-refractivity contribution in [2.75, 3.05) is 6.61 Å². The van der Waals surface area contributed by atoms with E-state index >= 15 is 0 Å². The van der Waals surface area contributed by atoms with Gasteiger partial charge in [0.25, 0.3) is 11.8 Å². The first kappa shape index (κ1) is 16.7. The van der Waals surface area contributed by atoms with E-state index in [9.17, 15) is 14.4 Å². The highest BCUT2D eigenvalue weighted by atomic mass is 16.5. The Morgan fingerprint density at radius 2 is 1.83 bits per heavy atom. The number of ether oxygens (including phenoxy) is 1. The van der Waals surface area contributed by atoms with Gasteiger partial charge in [0.05, 0.1) is 23.3 Å². The predicted molar refractivity (Wildman–Crippen MR) is 89.0 cm³/mol. The summed E-state index contributed by atoms with van der Waals surface area (Å²) in [5, 5.41) is 0. The number of esters is 1. The first-order chi connectivity index (χ1) is 11.6. The number of carbonyl (C=O) groups is 3. The highest BCUT2D eigenvalue weighted by Crippen LogP contribution is 2.31. The van der Waals surface area contributed by atoms with Gasteiger partial charge in [0, 0.05) is 6.04 Å². The van der Waals surface area contributed by atoms with Crippen LogP contribution in [0.5, 0.6) is 0 Å². The summed E-state index contributed by atoms with van der Waals surface area (Å²) in [6.45, 7) is 2.39. The molecule has 0 N–H and O–H groups in total. The fourth-order valence-electron chi connectivity index (χ4n) is 3.45. The average molecular weight is 329 g/mol. The number of fused-ring (bicyclic) bond motifs is 1. The zero-order valence-corrected chi connectivity index (χ0v) is 14.0. The normalized spacial score (nSPS) is 18.0. The molecule has 2 amide bonds. The van der Waals surface area contributed by atoms with E-state index in [4.69, 9.17) is 4.74 Å². The summed E-state index contributed by atoms with van der Waals surface area (Å²) in [5.41, 5.74) is 1.06. The molecular weight excluding hydrogens is 306 g/mol. The van der Waals surface area contributed by atoms with Gasteiger partial charge in [0.1, 0.15) is 0 Å². The number of imide groups is 1. The molecule has 0 spiro atoms. The van der Waals surface area contributed by atoms with Crippen molar-refractivity contribution in [3.63, 3.8) is 0 Å². The van der Waals surface area contributed by atoms with Gasteiger partial charge in [0.15, 0.2) is 0 Å². The van der Waals surface area contributed by atoms with Crippen molar-refractivity contribution in [2.24, 2.45) is 0 Å². The Kier molecular flexibility index (Phi) is 4.97. The predicted octanol–water partition coefficient (Wildman–Crippen LogP) is 3.57. The summed E-state index contributed by atoms with van der Waals surface area (Å²) in [5.74, 6) is -0.944. The second kappa shape index (κ2) is 7.16. The van der Waals surface area contributed by atoms with Crippen molar-refractivity contribution in [1.82, 2.24) is 4.90 Å². The molecule has 0 saturated heterocycles. The molecule has 128 valence electrons. The number of benzene rings is 1. The molecule has 1 saturated carbocycles. The van der Waals surface area contributed by atoms with E-state index < -0.39 is 5.97 Å². The number of nitrogens with zero attached hydrogens (tertiary/aromatic N) is 1. The topological polar surface area (TPSA) is 63.7 Å². The van der Waals surface area contributed by atoms with Crippen LogP contribution in [0.2, 0.25) is 0 Å². The summed E-state index contributed by atoms with van der Waals surface area (Å²) in [7, 11) is 0. The molecule has 0 radical (unpaired) electrons. The quantitative estimate of drug-likeness (QED) is 0.470. The standard InChI is InChI=1S/C19H23NO4/c1-2-3-11-24-19(23)13-9-10-15-16(12-13)18(22)20(17(15)21)14-7-5-4-6-8-14/h9-10,12,14H,2-8,11H2,1H3. The van der Waals surface area contributed by atoms with Crippen molar-refractivity contribution in [1.29, 1.82) is 0 Å². The molecule has 5 nitrogen and oxygen atoms in total. The van der Waals surface area contributed by atoms with Crippen LogP contribution in [0.15, 0.2) is 18.2 Å².